The van der Waals surface area contributed by atoms with E-state index < -0.39 is 11.9 Å². The van der Waals surface area contributed by atoms with Crippen LogP contribution in [-0.4, -0.2) is 51.8 Å². The van der Waals surface area contributed by atoms with E-state index in [0.29, 0.717) is 72.5 Å². The number of methoxy groups -OCH3 is 1. The van der Waals surface area contributed by atoms with E-state index >= 15 is 4.39 Å². The lowest BCUT2D eigenvalue weighted by atomic mass is 9.98. The molecule has 0 radical (unpaired) electrons. The number of hydrogen-bond acceptors (Lipinski definition) is 7. The van der Waals surface area contributed by atoms with Crippen LogP contribution in [0.1, 0.15) is 29.7 Å². The molecule has 5 aromatic rings. The molecule has 10 nitrogen and oxygen atoms in total. The van der Waals surface area contributed by atoms with E-state index in [1.807, 2.05) is 65.9 Å². The summed E-state index contributed by atoms with van der Waals surface area (Å²) in [6, 6.07) is 21.6. The van der Waals surface area contributed by atoms with E-state index in [2.05, 4.69) is 10.2 Å². The summed E-state index contributed by atoms with van der Waals surface area (Å²) >= 11 is 0. The fraction of sp³-hybridized carbons (Fsp3) is 0.235. The minimum absolute atomic E-state index is 0.0627. The Labute approximate surface area is 259 Å². The monoisotopic (exact) mass is 606 g/mol. The number of nitrogens with one attached hydrogen (secondary N) is 1. The number of nitrogens with zero attached hydrogens (tertiary/aromatic N) is 5. The highest BCUT2D eigenvalue weighted by atomic mass is 19.1. The Morgan fingerprint density at radius 1 is 1.09 bits per heavy atom. The maximum atomic E-state index is 15.0. The van der Waals surface area contributed by atoms with Crippen molar-refractivity contribution in [2.24, 2.45) is 0 Å². The number of anilines is 1. The summed E-state index contributed by atoms with van der Waals surface area (Å²) in [6.45, 7) is 3.39. The first-order valence-electron chi connectivity index (χ1n) is 14.5. The highest BCUT2D eigenvalue weighted by Gasteiger charge is 2.27. The third-order valence-electron chi connectivity index (χ3n) is 7.97. The van der Waals surface area contributed by atoms with E-state index in [9.17, 15) is 15.2 Å². The Balaban J connectivity index is 1.50. The van der Waals surface area contributed by atoms with Gasteiger partial charge in [-0.1, -0.05) is 42.5 Å². The largest absolute Gasteiger partial charge is 0.493 e. The fourth-order valence-electron chi connectivity index (χ4n) is 5.70. The van der Waals surface area contributed by atoms with E-state index in [4.69, 9.17) is 19.4 Å². The molecule has 0 aliphatic carbocycles. The molecule has 1 fully saturated rings. The third kappa shape index (κ3) is 5.95. The van der Waals surface area contributed by atoms with E-state index in [1.54, 1.807) is 19.4 Å². The molecule has 0 bridgehead atoms. The third-order valence-corrected chi connectivity index (χ3v) is 7.97. The first-order valence-corrected chi connectivity index (χ1v) is 14.5. The second kappa shape index (κ2) is 12.5. The molecule has 1 saturated heterocycles. The van der Waals surface area contributed by atoms with Gasteiger partial charge in [0.1, 0.15) is 24.1 Å². The van der Waals surface area contributed by atoms with Gasteiger partial charge in [-0.15, -0.1) is 0 Å². The van der Waals surface area contributed by atoms with Crippen LogP contribution in [0, 0.1) is 24.1 Å². The van der Waals surface area contributed by atoms with Crippen LogP contribution < -0.4 is 19.7 Å². The smallest absolute Gasteiger partial charge is 0.404 e. The maximum Gasteiger partial charge on any atom is 0.404 e. The molecule has 0 atom stereocenters. The summed E-state index contributed by atoms with van der Waals surface area (Å²) < 4.78 is 28.8. The van der Waals surface area contributed by atoms with Gasteiger partial charge in [-0.25, -0.2) is 19.2 Å². The molecule has 3 heterocycles. The molecular formula is C34H31FN6O4. The summed E-state index contributed by atoms with van der Waals surface area (Å²) in [5.41, 5.74) is 4.76. The van der Waals surface area contributed by atoms with Gasteiger partial charge in [0.2, 0.25) is 5.95 Å². The van der Waals surface area contributed by atoms with Crippen LogP contribution in [0.15, 0.2) is 72.9 Å². The normalized spacial score (nSPS) is 13.4. The first-order chi connectivity index (χ1) is 21.9. The van der Waals surface area contributed by atoms with Crippen molar-refractivity contribution in [3.05, 3.63) is 95.6 Å². The lowest BCUT2D eigenvalue weighted by Crippen LogP contribution is -2.45. The zero-order chi connectivity index (χ0) is 31.5. The highest BCUT2D eigenvalue weighted by molar-refractivity contribution is 5.92. The Bertz CT molecular complexity index is 1910. The molecule has 228 valence electrons. The molecule has 11 heteroatoms. The number of aryl methyl sites for hydroxylation is 1. The number of hydrogen-bond donors (Lipinski definition) is 2. The number of piperidine rings is 1. The van der Waals surface area contributed by atoms with Crippen LogP contribution in [0.2, 0.25) is 0 Å². The first kappa shape index (κ1) is 29.4. The highest BCUT2D eigenvalue weighted by Crippen LogP contribution is 2.41. The van der Waals surface area contributed by atoms with Crippen molar-refractivity contribution in [3.8, 4) is 40.0 Å². The van der Waals surface area contributed by atoms with Crippen molar-refractivity contribution in [2.75, 3.05) is 25.1 Å². The van der Waals surface area contributed by atoms with E-state index in [-0.39, 0.29) is 11.6 Å². The number of fused-ring (bicyclic) bond motifs is 1. The lowest BCUT2D eigenvalue weighted by Gasteiger charge is -2.33. The molecule has 1 aliphatic heterocycles. The summed E-state index contributed by atoms with van der Waals surface area (Å²) in [5, 5.41) is 21.1. The van der Waals surface area contributed by atoms with Crippen molar-refractivity contribution >= 4 is 17.7 Å². The zero-order valence-electron chi connectivity index (χ0n) is 24.8. The molecule has 0 unspecified atom stereocenters. The summed E-state index contributed by atoms with van der Waals surface area (Å²) in [4.78, 5) is 23.2. The molecular weight excluding hydrogens is 575 g/mol. The zero-order valence-corrected chi connectivity index (χ0v) is 24.8. The number of nitriles is 1. The van der Waals surface area contributed by atoms with Crippen LogP contribution in [0.5, 0.6) is 11.5 Å². The Kier molecular flexibility index (Phi) is 8.20. The van der Waals surface area contributed by atoms with Gasteiger partial charge in [-0.05, 0) is 55.2 Å². The van der Waals surface area contributed by atoms with Crippen molar-refractivity contribution in [2.45, 2.75) is 32.4 Å². The van der Waals surface area contributed by atoms with Crippen molar-refractivity contribution in [3.63, 3.8) is 0 Å². The van der Waals surface area contributed by atoms with Gasteiger partial charge in [0.15, 0.2) is 11.5 Å². The van der Waals surface area contributed by atoms with E-state index in [0.717, 1.165) is 16.8 Å². The number of imidazole rings is 1. The van der Waals surface area contributed by atoms with Crippen LogP contribution in [0.4, 0.5) is 15.1 Å². The summed E-state index contributed by atoms with van der Waals surface area (Å²) in [5.74, 6) is 1.05. The SMILES string of the molecule is COc1ccc(-c2c(-c3ccc(C#N)c(F)c3)nc(N3CCC(NC(=O)O)CC3)n3c(C)cnc23)cc1OCc1ccccc1. The number of rotatable bonds is 8. The number of carbonyl (C=O) groups is 1. The quantitative estimate of drug-likeness (QED) is 0.214. The Morgan fingerprint density at radius 3 is 2.53 bits per heavy atom. The molecule has 0 saturated carbocycles. The summed E-state index contributed by atoms with van der Waals surface area (Å²) in [6.07, 6.45) is 1.93. The van der Waals surface area contributed by atoms with Gasteiger partial charge in [0, 0.05) is 36.6 Å². The number of aromatic nitrogens is 3. The lowest BCUT2D eigenvalue weighted by molar-refractivity contribution is 0.187. The second-order valence-corrected chi connectivity index (χ2v) is 10.9. The number of halogens is 1. The van der Waals surface area contributed by atoms with Gasteiger partial charge >= 0.3 is 6.09 Å². The molecule has 0 spiro atoms. The minimum atomic E-state index is -1.04. The number of carboxylic acid groups (broad SMARTS) is 1. The van der Waals surface area contributed by atoms with Crippen molar-refractivity contribution in [1.82, 2.24) is 19.7 Å². The van der Waals surface area contributed by atoms with Gasteiger partial charge in [-0.3, -0.25) is 4.40 Å². The van der Waals surface area contributed by atoms with Crippen LogP contribution in [-0.2, 0) is 6.61 Å². The van der Waals surface area contributed by atoms with Gasteiger partial charge < -0.3 is 24.8 Å². The van der Waals surface area contributed by atoms with Crippen LogP contribution in [0.25, 0.3) is 28.0 Å². The average molecular weight is 607 g/mol. The van der Waals surface area contributed by atoms with Crippen LogP contribution in [0.3, 0.4) is 0 Å². The van der Waals surface area contributed by atoms with Crippen LogP contribution >= 0.6 is 0 Å². The number of benzene rings is 3. The average Bonchev–Trinajstić information content (AvgIpc) is 3.44. The molecule has 3 aromatic carbocycles. The minimum Gasteiger partial charge on any atom is -0.493 e. The number of amides is 1. The van der Waals surface area contributed by atoms with Gasteiger partial charge in [0.25, 0.3) is 0 Å². The predicted octanol–water partition coefficient (Wildman–Crippen LogP) is 6.21. The van der Waals surface area contributed by atoms with Crippen molar-refractivity contribution < 1.29 is 23.8 Å². The summed E-state index contributed by atoms with van der Waals surface area (Å²) in [7, 11) is 1.58. The Hall–Kier alpha value is -5.63. The molecule has 2 N–H and O–H groups in total. The Morgan fingerprint density at radius 2 is 1.84 bits per heavy atom. The second-order valence-electron chi connectivity index (χ2n) is 10.9. The molecule has 6 rings (SSSR count). The van der Waals surface area contributed by atoms with E-state index in [1.165, 1.54) is 12.1 Å². The predicted molar refractivity (Wildman–Crippen MR) is 167 cm³/mol. The standard InChI is InChI=1S/C34H31FN6O4/c1-21-19-37-32-30(23-10-11-28(44-2)29(17-23)45-20-22-6-4-3-5-7-22)31(24-8-9-25(18-36)27(35)16-24)39-33(41(21)32)40-14-12-26(13-15-40)38-34(42)43/h3-11,16-17,19,26,38H,12-15,20H2,1-2H3,(H,42,43). The molecule has 45 heavy (non-hydrogen) atoms. The molecule has 2 aromatic heterocycles. The van der Waals surface area contributed by atoms with Gasteiger partial charge in [-0.2, -0.15) is 5.26 Å². The fourth-order valence-corrected chi connectivity index (χ4v) is 5.70. The maximum absolute atomic E-state index is 15.0. The van der Waals surface area contributed by atoms with Crippen molar-refractivity contribution in [1.29, 1.82) is 5.26 Å². The topological polar surface area (TPSA) is 125 Å². The molecule has 1 amide bonds. The molecule has 1 aliphatic rings. The van der Waals surface area contributed by atoms with Gasteiger partial charge in [0.05, 0.1) is 23.9 Å². The number of ether oxygens (including phenoxy) is 2.